The minimum absolute atomic E-state index is 0.164. The Bertz CT molecular complexity index is 639. The molecule has 5 heteroatoms. The lowest BCUT2D eigenvalue weighted by molar-refractivity contribution is 0.00414. The van der Waals surface area contributed by atoms with Crippen LogP contribution in [-0.4, -0.2) is 27.0 Å². The van der Waals surface area contributed by atoms with Crippen molar-refractivity contribution in [3.63, 3.8) is 0 Å². The highest BCUT2D eigenvalue weighted by molar-refractivity contribution is 5.29. The fraction of sp³-hybridized carbons (Fsp3) is 0.500. The molecule has 0 saturated heterocycles. The van der Waals surface area contributed by atoms with Crippen molar-refractivity contribution >= 4 is 0 Å². The van der Waals surface area contributed by atoms with Crippen molar-refractivity contribution in [2.24, 2.45) is 13.0 Å². The van der Waals surface area contributed by atoms with E-state index in [1.807, 2.05) is 33.2 Å². The second-order valence-electron chi connectivity index (χ2n) is 6.48. The smallest absolute Gasteiger partial charge is 0.123 e. The van der Waals surface area contributed by atoms with Gasteiger partial charge in [0.15, 0.2) is 0 Å². The van der Waals surface area contributed by atoms with Gasteiger partial charge in [0.25, 0.3) is 0 Å². The van der Waals surface area contributed by atoms with Crippen LogP contribution in [0.5, 0.6) is 0 Å². The van der Waals surface area contributed by atoms with Crippen molar-refractivity contribution in [1.29, 1.82) is 0 Å². The lowest BCUT2D eigenvalue weighted by Gasteiger charge is -2.32. The number of aryl methyl sites for hydroxylation is 1. The van der Waals surface area contributed by atoms with Crippen molar-refractivity contribution in [2.75, 3.05) is 6.54 Å². The Hall–Kier alpha value is -1.72. The summed E-state index contributed by atoms with van der Waals surface area (Å²) in [6, 6.07) is 6.31. The molecule has 2 N–H and O–H groups in total. The van der Waals surface area contributed by atoms with E-state index in [4.69, 9.17) is 0 Å². The van der Waals surface area contributed by atoms with Crippen LogP contribution >= 0.6 is 0 Å². The molecule has 0 spiro atoms. The maximum atomic E-state index is 13.6. The molecule has 0 aliphatic rings. The van der Waals surface area contributed by atoms with Gasteiger partial charge in [-0.1, -0.05) is 32.4 Å². The zero-order valence-electron chi connectivity index (χ0n) is 14.3. The van der Waals surface area contributed by atoms with Crippen molar-refractivity contribution in [2.45, 2.75) is 38.8 Å². The Kier molecular flexibility index (Phi) is 5.55. The number of halogens is 1. The van der Waals surface area contributed by atoms with E-state index in [1.165, 1.54) is 12.1 Å². The first-order valence-electron chi connectivity index (χ1n) is 8.03. The molecule has 0 fully saturated rings. The summed E-state index contributed by atoms with van der Waals surface area (Å²) in [6.45, 7) is 6.34. The van der Waals surface area contributed by atoms with Gasteiger partial charge in [0.05, 0.1) is 17.8 Å². The van der Waals surface area contributed by atoms with E-state index in [0.717, 1.165) is 17.5 Å². The summed E-state index contributed by atoms with van der Waals surface area (Å²) in [6.07, 6.45) is 4.56. The third-order valence-electron chi connectivity index (χ3n) is 4.58. The summed E-state index contributed by atoms with van der Waals surface area (Å²) in [5.74, 6) is -0.107. The Morgan fingerprint density at radius 1 is 1.39 bits per heavy atom. The number of nitrogens with zero attached hydrogens (tertiary/aromatic N) is 2. The van der Waals surface area contributed by atoms with E-state index in [9.17, 15) is 9.50 Å². The monoisotopic (exact) mass is 319 g/mol. The van der Waals surface area contributed by atoms with Crippen LogP contribution in [0.2, 0.25) is 0 Å². The average molecular weight is 319 g/mol. The first kappa shape index (κ1) is 17.6. The summed E-state index contributed by atoms with van der Waals surface area (Å²) >= 11 is 0. The zero-order valence-corrected chi connectivity index (χ0v) is 14.3. The number of aliphatic hydroxyl groups is 1. The second kappa shape index (κ2) is 7.23. The van der Waals surface area contributed by atoms with E-state index in [1.54, 1.807) is 16.9 Å². The Balaban J connectivity index is 2.25. The van der Waals surface area contributed by atoms with E-state index in [-0.39, 0.29) is 17.8 Å². The maximum Gasteiger partial charge on any atom is 0.123 e. The quantitative estimate of drug-likeness (QED) is 0.825. The molecule has 1 aromatic heterocycles. The SMILES string of the molecule is CCC(C)C(C)(O)CNC(c1cccc(F)c1)c1cnn(C)c1. The molecule has 0 aliphatic carbocycles. The predicted octanol–water partition coefficient (Wildman–Crippen LogP) is 3.04. The van der Waals surface area contributed by atoms with Gasteiger partial charge >= 0.3 is 0 Å². The number of nitrogens with one attached hydrogen (secondary N) is 1. The van der Waals surface area contributed by atoms with Gasteiger partial charge in [-0.25, -0.2) is 4.39 Å². The van der Waals surface area contributed by atoms with Gasteiger partial charge in [-0.2, -0.15) is 5.10 Å². The van der Waals surface area contributed by atoms with Crippen LogP contribution in [-0.2, 0) is 7.05 Å². The molecule has 1 aromatic carbocycles. The molecule has 2 aromatic rings. The molecule has 0 aliphatic heterocycles. The molecule has 0 saturated carbocycles. The van der Waals surface area contributed by atoms with E-state index in [0.29, 0.717) is 6.54 Å². The minimum atomic E-state index is -0.831. The van der Waals surface area contributed by atoms with Crippen LogP contribution in [0.3, 0.4) is 0 Å². The topological polar surface area (TPSA) is 50.1 Å². The predicted molar refractivity (Wildman–Crippen MR) is 89.5 cm³/mol. The molecular weight excluding hydrogens is 293 g/mol. The summed E-state index contributed by atoms with van der Waals surface area (Å²) in [5, 5.41) is 18.2. The fourth-order valence-corrected chi connectivity index (χ4v) is 2.63. The summed E-state index contributed by atoms with van der Waals surface area (Å²) in [4.78, 5) is 0. The fourth-order valence-electron chi connectivity index (χ4n) is 2.63. The van der Waals surface area contributed by atoms with Gasteiger partial charge in [0, 0.05) is 25.4 Å². The second-order valence-corrected chi connectivity index (χ2v) is 6.48. The number of benzene rings is 1. The normalized spacial score (nSPS) is 16.8. The van der Waals surface area contributed by atoms with Crippen molar-refractivity contribution in [3.05, 3.63) is 53.6 Å². The zero-order chi connectivity index (χ0) is 17.0. The highest BCUT2D eigenvalue weighted by atomic mass is 19.1. The highest BCUT2D eigenvalue weighted by Crippen LogP contribution is 2.25. The number of rotatable bonds is 7. The van der Waals surface area contributed by atoms with E-state index in [2.05, 4.69) is 17.3 Å². The first-order chi connectivity index (χ1) is 10.8. The minimum Gasteiger partial charge on any atom is -0.389 e. The van der Waals surface area contributed by atoms with Crippen LogP contribution in [0, 0.1) is 11.7 Å². The molecule has 3 atom stereocenters. The Morgan fingerprint density at radius 3 is 2.70 bits per heavy atom. The molecule has 0 bridgehead atoms. The van der Waals surface area contributed by atoms with Gasteiger partial charge < -0.3 is 10.4 Å². The molecule has 1 heterocycles. The van der Waals surface area contributed by atoms with Crippen LogP contribution < -0.4 is 5.32 Å². The van der Waals surface area contributed by atoms with Crippen LogP contribution in [0.1, 0.15) is 44.4 Å². The Labute approximate surface area is 137 Å². The lowest BCUT2D eigenvalue weighted by Crippen LogP contribution is -2.44. The molecule has 3 unspecified atom stereocenters. The molecule has 0 amide bonds. The van der Waals surface area contributed by atoms with Crippen LogP contribution in [0.15, 0.2) is 36.7 Å². The standard InChI is InChI=1S/C18H26FN3O/c1-5-13(2)18(3,23)12-20-17(15-10-21-22(4)11-15)14-7-6-8-16(19)9-14/h6-11,13,17,20,23H,5,12H2,1-4H3. The Morgan fingerprint density at radius 2 is 2.13 bits per heavy atom. The summed E-state index contributed by atoms with van der Waals surface area (Å²) in [7, 11) is 1.85. The van der Waals surface area contributed by atoms with E-state index >= 15 is 0 Å². The number of hydrogen-bond acceptors (Lipinski definition) is 3. The van der Waals surface area contributed by atoms with Crippen molar-refractivity contribution < 1.29 is 9.50 Å². The molecule has 0 radical (unpaired) electrons. The van der Waals surface area contributed by atoms with Crippen molar-refractivity contribution in [3.8, 4) is 0 Å². The summed E-state index contributed by atoms with van der Waals surface area (Å²) < 4.78 is 15.3. The van der Waals surface area contributed by atoms with Crippen molar-refractivity contribution in [1.82, 2.24) is 15.1 Å². The lowest BCUT2D eigenvalue weighted by atomic mass is 9.88. The average Bonchev–Trinajstić information content (AvgIpc) is 2.93. The van der Waals surface area contributed by atoms with Gasteiger partial charge in [0.1, 0.15) is 5.82 Å². The van der Waals surface area contributed by atoms with Crippen LogP contribution in [0.25, 0.3) is 0 Å². The molecular formula is C18H26FN3O. The first-order valence-corrected chi connectivity index (χ1v) is 8.03. The molecule has 126 valence electrons. The van der Waals surface area contributed by atoms with Crippen LogP contribution in [0.4, 0.5) is 4.39 Å². The van der Waals surface area contributed by atoms with Gasteiger partial charge in [-0.15, -0.1) is 0 Å². The largest absolute Gasteiger partial charge is 0.389 e. The third kappa shape index (κ3) is 4.39. The third-order valence-corrected chi connectivity index (χ3v) is 4.58. The highest BCUT2D eigenvalue weighted by Gasteiger charge is 2.28. The molecule has 4 nitrogen and oxygen atoms in total. The molecule has 23 heavy (non-hydrogen) atoms. The molecule has 2 rings (SSSR count). The number of aromatic nitrogens is 2. The van der Waals surface area contributed by atoms with Gasteiger partial charge in [0.2, 0.25) is 0 Å². The summed E-state index contributed by atoms with van der Waals surface area (Å²) in [5.41, 5.74) is 0.929. The van der Waals surface area contributed by atoms with Gasteiger partial charge in [-0.3, -0.25) is 4.68 Å². The number of hydrogen-bond donors (Lipinski definition) is 2. The van der Waals surface area contributed by atoms with E-state index < -0.39 is 5.60 Å². The van der Waals surface area contributed by atoms with Gasteiger partial charge in [-0.05, 0) is 30.5 Å². The maximum absolute atomic E-state index is 13.6.